The molecule has 12 heavy (non-hydrogen) atoms. The first-order chi connectivity index (χ1) is 5.75. The highest BCUT2D eigenvalue weighted by Gasteiger charge is 2.10. The average molecular weight is 169 g/mol. The van der Waals surface area contributed by atoms with E-state index in [0.29, 0.717) is 12.5 Å². The number of hydrogen-bond donors (Lipinski definition) is 3. The number of rotatable bonds is 3. The summed E-state index contributed by atoms with van der Waals surface area (Å²) in [6, 6.07) is 0. The Labute approximate surface area is 69.4 Å². The summed E-state index contributed by atoms with van der Waals surface area (Å²) in [5.74, 6) is 0.347. The molecule has 0 atom stereocenters. The Morgan fingerprint density at radius 3 is 2.92 bits per heavy atom. The van der Waals surface area contributed by atoms with Crippen LogP contribution in [0.4, 0.5) is 5.95 Å². The highest BCUT2D eigenvalue weighted by molar-refractivity contribution is 5.90. The topological polar surface area (TPSA) is 108 Å². The van der Waals surface area contributed by atoms with Gasteiger partial charge in [0.05, 0.1) is 0 Å². The summed E-state index contributed by atoms with van der Waals surface area (Å²) in [6.45, 7) is 2.62. The molecule has 7 nitrogen and oxygen atoms in total. The number of guanidine groups is 1. The predicted octanol–water partition coefficient (Wildman–Crippen LogP) is -0.690. The fourth-order valence-electron chi connectivity index (χ4n) is 0.833. The molecule has 4 N–H and O–H groups in total. The van der Waals surface area contributed by atoms with Gasteiger partial charge in [-0.15, -0.1) is 0 Å². The van der Waals surface area contributed by atoms with Gasteiger partial charge in [0.15, 0.2) is 5.96 Å². The van der Waals surface area contributed by atoms with Crippen LogP contribution in [0.2, 0.25) is 0 Å². The lowest BCUT2D eigenvalue weighted by Gasteiger charge is -2.16. The van der Waals surface area contributed by atoms with Crippen molar-refractivity contribution in [2.45, 2.75) is 13.3 Å². The van der Waals surface area contributed by atoms with Crippen molar-refractivity contribution in [3.05, 3.63) is 0 Å². The minimum atomic E-state index is -0.0598. The molecule has 0 unspecified atom stereocenters. The summed E-state index contributed by atoms with van der Waals surface area (Å²) >= 11 is 0. The van der Waals surface area contributed by atoms with E-state index in [4.69, 9.17) is 11.1 Å². The number of nitrogens with one attached hydrogen (secondary N) is 2. The summed E-state index contributed by atoms with van der Waals surface area (Å²) in [5, 5.41) is 20.2. The Hall–Kier alpha value is -1.66. The largest absolute Gasteiger partial charge is 0.370 e. The van der Waals surface area contributed by atoms with E-state index in [1.165, 1.54) is 4.90 Å². The van der Waals surface area contributed by atoms with Crippen molar-refractivity contribution >= 4 is 11.9 Å². The fourth-order valence-corrected chi connectivity index (χ4v) is 0.833. The smallest absolute Gasteiger partial charge is 0.249 e. The Balaban J connectivity index is 2.73. The van der Waals surface area contributed by atoms with Crippen molar-refractivity contribution in [1.82, 2.24) is 20.6 Å². The molecule has 0 amide bonds. The van der Waals surface area contributed by atoms with Crippen molar-refractivity contribution in [3.8, 4) is 0 Å². The SMILES string of the molecule is CCCN(C(=N)N)c1nnn[nH]1. The highest BCUT2D eigenvalue weighted by atomic mass is 15.5. The number of anilines is 1. The molecule has 0 radical (unpaired) electrons. The van der Waals surface area contributed by atoms with Gasteiger partial charge in [-0.1, -0.05) is 12.0 Å². The van der Waals surface area contributed by atoms with E-state index in [2.05, 4.69) is 20.6 Å². The van der Waals surface area contributed by atoms with Crippen LogP contribution < -0.4 is 10.6 Å². The zero-order valence-corrected chi connectivity index (χ0v) is 6.78. The Morgan fingerprint density at radius 2 is 2.50 bits per heavy atom. The number of aromatic nitrogens is 4. The number of aromatic amines is 1. The van der Waals surface area contributed by atoms with Crippen LogP contribution in [0.25, 0.3) is 0 Å². The molecule has 7 heteroatoms. The molecule has 0 fully saturated rings. The lowest BCUT2D eigenvalue weighted by atomic mass is 10.4. The second-order valence-corrected chi connectivity index (χ2v) is 2.26. The molecule has 66 valence electrons. The van der Waals surface area contributed by atoms with E-state index in [0.717, 1.165) is 6.42 Å². The number of hydrogen-bond acceptors (Lipinski definition) is 4. The van der Waals surface area contributed by atoms with Crippen molar-refractivity contribution < 1.29 is 0 Å². The van der Waals surface area contributed by atoms with Crippen LogP contribution in [0, 0.1) is 5.41 Å². The third kappa shape index (κ3) is 1.68. The van der Waals surface area contributed by atoms with Crippen LogP contribution in [-0.4, -0.2) is 33.1 Å². The third-order valence-electron chi connectivity index (χ3n) is 1.33. The van der Waals surface area contributed by atoms with Gasteiger partial charge in [-0.05, 0) is 16.8 Å². The molecule has 1 aromatic rings. The van der Waals surface area contributed by atoms with E-state index in [-0.39, 0.29) is 5.96 Å². The second kappa shape index (κ2) is 3.65. The molecule has 0 saturated heterocycles. The van der Waals surface area contributed by atoms with Gasteiger partial charge in [-0.25, -0.2) is 5.10 Å². The molecule has 0 aliphatic heterocycles. The van der Waals surface area contributed by atoms with Crippen LogP contribution in [0.15, 0.2) is 0 Å². The Kier molecular flexibility index (Phi) is 2.57. The predicted molar refractivity (Wildman–Crippen MR) is 43.7 cm³/mol. The maximum Gasteiger partial charge on any atom is 0.249 e. The molecule has 0 aliphatic rings. The van der Waals surface area contributed by atoms with Gasteiger partial charge in [-0.3, -0.25) is 10.3 Å². The average Bonchev–Trinajstić information content (AvgIpc) is 2.51. The lowest BCUT2D eigenvalue weighted by Crippen LogP contribution is -2.37. The van der Waals surface area contributed by atoms with Gasteiger partial charge < -0.3 is 5.73 Å². The summed E-state index contributed by atoms with van der Waals surface area (Å²) in [4.78, 5) is 1.50. The van der Waals surface area contributed by atoms with Gasteiger partial charge in [-0.2, -0.15) is 0 Å². The Morgan fingerprint density at radius 1 is 1.75 bits per heavy atom. The van der Waals surface area contributed by atoms with Crippen molar-refractivity contribution in [2.75, 3.05) is 11.4 Å². The molecule has 0 saturated carbocycles. The lowest BCUT2D eigenvalue weighted by molar-refractivity contribution is 0.863. The first-order valence-electron chi connectivity index (χ1n) is 3.61. The standard InChI is InChI=1S/C5H11N7/c1-2-3-12(4(6)7)5-8-10-11-9-5/h2-3H2,1H3,(H3,6,7)(H,8,9,10,11). The van der Waals surface area contributed by atoms with Crippen molar-refractivity contribution in [3.63, 3.8) is 0 Å². The number of nitrogens with two attached hydrogens (primary N) is 1. The van der Waals surface area contributed by atoms with Gasteiger partial charge in [0.25, 0.3) is 0 Å². The van der Waals surface area contributed by atoms with Gasteiger partial charge in [0.1, 0.15) is 0 Å². The minimum Gasteiger partial charge on any atom is -0.370 e. The summed E-state index contributed by atoms with van der Waals surface area (Å²) < 4.78 is 0. The van der Waals surface area contributed by atoms with E-state index >= 15 is 0 Å². The number of H-pyrrole nitrogens is 1. The summed E-state index contributed by atoms with van der Waals surface area (Å²) in [6.07, 6.45) is 0.875. The van der Waals surface area contributed by atoms with Gasteiger partial charge >= 0.3 is 0 Å². The molecular weight excluding hydrogens is 158 g/mol. The highest BCUT2D eigenvalue weighted by Crippen LogP contribution is 2.02. The van der Waals surface area contributed by atoms with E-state index in [1.807, 2.05) is 6.92 Å². The van der Waals surface area contributed by atoms with Crippen molar-refractivity contribution in [1.29, 1.82) is 5.41 Å². The summed E-state index contributed by atoms with van der Waals surface area (Å²) in [7, 11) is 0. The fraction of sp³-hybridized carbons (Fsp3) is 0.600. The second-order valence-electron chi connectivity index (χ2n) is 2.26. The quantitative estimate of drug-likeness (QED) is 0.410. The maximum absolute atomic E-state index is 7.22. The molecule has 0 bridgehead atoms. The van der Waals surface area contributed by atoms with E-state index in [9.17, 15) is 0 Å². The first-order valence-corrected chi connectivity index (χ1v) is 3.61. The summed E-state index contributed by atoms with van der Waals surface area (Å²) in [5.41, 5.74) is 5.31. The monoisotopic (exact) mass is 169 g/mol. The third-order valence-corrected chi connectivity index (χ3v) is 1.33. The van der Waals surface area contributed by atoms with Crippen LogP contribution in [0.5, 0.6) is 0 Å². The van der Waals surface area contributed by atoms with Crippen LogP contribution in [0.3, 0.4) is 0 Å². The minimum absolute atomic E-state index is 0.0598. The normalized spacial score (nSPS) is 9.75. The molecule has 1 aromatic heterocycles. The van der Waals surface area contributed by atoms with Crippen LogP contribution >= 0.6 is 0 Å². The van der Waals surface area contributed by atoms with Crippen LogP contribution in [0.1, 0.15) is 13.3 Å². The Bertz CT molecular complexity index is 240. The zero-order valence-electron chi connectivity index (χ0n) is 6.78. The van der Waals surface area contributed by atoms with E-state index in [1.54, 1.807) is 0 Å². The molecule has 0 aromatic carbocycles. The number of tetrazole rings is 1. The van der Waals surface area contributed by atoms with Crippen molar-refractivity contribution in [2.24, 2.45) is 5.73 Å². The first kappa shape index (κ1) is 8.44. The molecule has 0 spiro atoms. The maximum atomic E-state index is 7.22. The molecular formula is C5H11N7. The van der Waals surface area contributed by atoms with E-state index < -0.39 is 0 Å². The molecule has 1 rings (SSSR count). The molecule has 0 aliphatic carbocycles. The number of nitrogens with zero attached hydrogens (tertiary/aromatic N) is 4. The van der Waals surface area contributed by atoms with Gasteiger partial charge in [0.2, 0.25) is 5.95 Å². The van der Waals surface area contributed by atoms with Gasteiger partial charge in [0, 0.05) is 6.54 Å². The molecule has 1 heterocycles. The zero-order chi connectivity index (χ0) is 8.97. The van der Waals surface area contributed by atoms with Crippen LogP contribution in [-0.2, 0) is 0 Å².